The third-order valence-corrected chi connectivity index (χ3v) is 5.64. The van der Waals surface area contributed by atoms with Crippen LogP contribution in [0.2, 0.25) is 5.02 Å². The molecule has 0 saturated carbocycles. The molecule has 3 aromatic rings. The molecule has 3 aromatic carbocycles. The van der Waals surface area contributed by atoms with E-state index in [4.69, 9.17) is 25.8 Å². The van der Waals surface area contributed by atoms with Gasteiger partial charge in [-0.1, -0.05) is 41.9 Å². The quantitative estimate of drug-likeness (QED) is 0.397. The molecular formula is C27H32ClNO4. The molecule has 0 aliphatic carbocycles. The van der Waals surface area contributed by atoms with Crippen LogP contribution in [0.3, 0.4) is 0 Å². The lowest BCUT2D eigenvalue weighted by Gasteiger charge is -2.25. The molecule has 0 aliphatic heterocycles. The Balaban J connectivity index is 1.64. The molecule has 0 radical (unpaired) electrons. The summed E-state index contributed by atoms with van der Waals surface area (Å²) in [6.45, 7) is 4.20. The molecule has 0 saturated heterocycles. The van der Waals surface area contributed by atoms with Gasteiger partial charge in [0.15, 0.2) is 11.5 Å². The van der Waals surface area contributed by atoms with Crippen molar-refractivity contribution in [2.75, 3.05) is 33.9 Å². The Hall–Kier alpha value is -2.73. The van der Waals surface area contributed by atoms with Crippen LogP contribution in [-0.4, -0.2) is 50.0 Å². The minimum Gasteiger partial charge on any atom is -0.493 e. The molecular weight excluding hydrogens is 438 g/mol. The van der Waals surface area contributed by atoms with Crippen LogP contribution in [0.5, 0.6) is 17.2 Å². The Morgan fingerprint density at radius 1 is 0.909 bits per heavy atom. The molecule has 0 amide bonds. The number of benzene rings is 3. The molecule has 33 heavy (non-hydrogen) atoms. The fourth-order valence-corrected chi connectivity index (χ4v) is 3.78. The van der Waals surface area contributed by atoms with Gasteiger partial charge < -0.3 is 19.3 Å². The molecule has 6 heteroatoms. The number of rotatable bonds is 12. The number of hydrogen-bond donors (Lipinski definition) is 1. The van der Waals surface area contributed by atoms with E-state index in [1.54, 1.807) is 14.2 Å². The molecule has 0 heterocycles. The van der Waals surface area contributed by atoms with E-state index in [1.165, 1.54) is 0 Å². The van der Waals surface area contributed by atoms with Crippen LogP contribution in [0, 0.1) is 6.92 Å². The van der Waals surface area contributed by atoms with E-state index in [0.29, 0.717) is 29.6 Å². The SMILES string of the molecule is COc1ccc(CCN(Cc2ccc(Cl)cc2)CC(O)COc2cccc(C)c2)cc1OC. The summed E-state index contributed by atoms with van der Waals surface area (Å²) in [5.74, 6) is 2.19. The molecule has 1 atom stereocenters. The molecule has 5 nitrogen and oxygen atoms in total. The van der Waals surface area contributed by atoms with Crippen LogP contribution >= 0.6 is 11.6 Å². The molecule has 0 fully saturated rings. The minimum atomic E-state index is -0.622. The highest BCUT2D eigenvalue weighted by atomic mass is 35.5. The molecule has 0 bridgehead atoms. The summed E-state index contributed by atoms with van der Waals surface area (Å²) >= 11 is 6.05. The number of aliphatic hydroxyl groups excluding tert-OH is 1. The Kier molecular flexibility index (Phi) is 9.43. The van der Waals surface area contributed by atoms with Crippen LogP contribution in [0.4, 0.5) is 0 Å². The molecule has 3 rings (SSSR count). The summed E-state index contributed by atoms with van der Waals surface area (Å²) in [7, 11) is 3.27. The van der Waals surface area contributed by atoms with Gasteiger partial charge in [0.25, 0.3) is 0 Å². The summed E-state index contributed by atoms with van der Waals surface area (Å²) in [5, 5.41) is 11.4. The van der Waals surface area contributed by atoms with Crippen molar-refractivity contribution < 1.29 is 19.3 Å². The fourth-order valence-electron chi connectivity index (χ4n) is 3.65. The number of nitrogens with zero attached hydrogens (tertiary/aromatic N) is 1. The maximum absolute atomic E-state index is 10.7. The van der Waals surface area contributed by atoms with Crippen molar-refractivity contribution in [1.29, 1.82) is 0 Å². The number of ether oxygens (including phenoxy) is 3. The first-order valence-corrected chi connectivity index (χ1v) is 11.4. The van der Waals surface area contributed by atoms with Gasteiger partial charge in [-0.05, 0) is 66.4 Å². The summed E-state index contributed by atoms with van der Waals surface area (Å²) in [4.78, 5) is 2.23. The second-order valence-electron chi connectivity index (χ2n) is 8.08. The van der Waals surface area contributed by atoms with Crippen molar-refractivity contribution in [1.82, 2.24) is 4.90 Å². The van der Waals surface area contributed by atoms with Gasteiger partial charge in [0.1, 0.15) is 18.5 Å². The summed E-state index contributed by atoms with van der Waals surface area (Å²) in [5.41, 5.74) is 3.40. The highest BCUT2D eigenvalue weighted by Gasteiger charge is 2.15. The molecule has 1 unspecified atom stereocenters. The van der Waals surface area contributed by atoms with Crippen molar-refractivity contribution in [3.05, 3.63) is 88.4 Å². The fraction of sp³-hybridized carbons (Fsp3) is 0.333. The average Bonchev–Trinajstić information content (AvgIpc) is 2.82. The highest BCUT2D eigenvalue weighted by molar-refractivity contribution is 6.30. The monoisotopic (exact) mass is 469 g/mol. The van der Waals surface area contributed by atoms with E-state index in [2.05, 4.69) is 4.90 Å². The van der Waals surface area contributed by atoms with Gasteiger partial charge in [0, 0.05) is 24.7 Å². The zero-order chi connectivity index (χ0) is 23.6. The second-order valence-corrected chi connectivity index (χ2v) is 8.52. The van der Waals surface area contributed by atoms with Gasteiger partial charge in [-0.3, -0.25) is 4.90 Å². The Bertz CT molecular complexity index is 1010. The molecule has 176 valence electrons. The van der Waals surface area contributed by atoms with Crippen molar-refractivity contribution in [3.8, 4) is 17.2 Å². The van der Waals surface area contributed by atoms with E-state index in [0.717, 1.165) is 35.4 Å². The van der Waals surface area contributed by atoms with Crippen molar-refractivity contribution in [2.45, 2.75) is 26.0 Å². The number of methoxy groups -OCH3 is 2. The maximum atomic E-state index is 10.7. The number of aliphatic hydroxyl groups is 1. The average molecular weight is 470 g/mol. The normalized spacial score (nSPS) is 11.9. The van der Waals surface area contributed by atoms with Crippen LogP contribution in [0.25, 0.3) is 0 Å². The first kappa shape index (κ1) is 24.9. The lowest BCUT2D eigenvalue weighted by molar-refractivity contribution is 0.0659. The second kappa shape index (κ2) is 12.5. The van der Waals surface area contributed by atoms with Crippen LogP contribution in [0.1, 0.15) is 16.7 Å². The van der Waals surface area contributed by atoms with E-state index in [-0.39, 0.29) is 6.61 Å². The molecule has 0 aliphatic rings. The first-order chi connectivity index (χ1) is 16.0. The maximum Gasteiger partial charge on any atom is 0.160 e. The highest BCUT2D eigenvalue weighted by Crippen LogP contribution is 2.28. The Morgan fingerprint density at radius 2 is 1.64 bits per heavy atom. The van der Waals surface area contributed by atoms with Gasteiger partial charge in [-0.15, -0.1) is 0 Å². The van der Waals surface area contributed by atoms with Crippen molar-refractivity contribution in [3.63, 3.8) is 0 Å². The largest absolute Gasteiger partial charge is 0.493 e. The number of halogens is 1. The third kappa shape index (κ3) is 7.97. The van der Waals surface area contributed by atoms with Gasteiger partial charge in [0.05, 0.1) is 14.2 Å². The standard InChI is InChI=1S/C27H32ClNO4/c1-20-5-4-6-25(15-20)33-19-24(30)18-29(17-22-7-10-23(28)11-8-22)14-13-21-9-12-26(31-2)27(16-21)32-3/h4-12,15-16,24,30H,13-14,17-19H2,1-3H3. The zero-order valence-electron chi connectivity index (χ0n) is 19.5. The predicted molar refractivity (Wildman–Crippen MR) is 133 cm³/mol. The summed E-state index contributed by atoms with van der Waals surface area (Å²) in [6, 6.07) is 21.6. The summed E-state index contributed by atoms with van der Waals surface area (Å²) in [6.07, 6.45) is 0.183. The van der Waals surface area contributed by atoms with Gasteiger partial charge in [-0.25, -0.2) is 0 Å². The van der Waals surface area contributed by atoms with Gasteiger partial charge in [0.2, 0.25) is 0 Å². The lowest BCUT2D eigenvalue weighted by atomic mass is 10.1. The number of aryl methyl sites for hydroxylation is 1. The topological polar surface area (TPSA) is 51.2 Å². The zero-order valence-corrected chi connectivity index (χ0v) is 20.2. The summed E-state index contributed by atoms with van der Waals surface area (Å²) < 4.78 is 16.6. The molecule has 0 spiro atoms. The van der Waals surface area contributed by atoms with E-state index < -0.39 is 6.10 Å². The van der Waals surface area contributed by atoms with E-state index in [9.17, 15) is 5.11 Å². The van der Waals surface area contributed by atoms with Crippen LogP contribution in [0.15, 0.2) is 66.7 Å². The Labute approximate surface area is 201 Å². The Morgan fingerprint density at radius 3 is 2.33 bits per heavy atom. The van der Waals surface area contributed by atoms with Crippen LogP contribution < -0.4 is 14.2 Å². The first-order valence-electron chi connectivity index (χ1n) is 11.0. The lowest BCUT2D eigenvalue weighted by Crippen LogP contribution is -2.36. The van der Waals surface area contributed by atoms with Gasteiger partial charge >= 0.3 is 0 Å². The third-order valence-electron chi connectivity index (χ3n) is 5.38. The van der Waals surface area contributed by atoms with Crippen molar-refractivity contribution >= 4 is 11.6 Å². The minimum absolute atomic E-state index is 0.233. The molecule has 0 aromatic heterocycles. The van der Waals surface area contributed by atoms with Crippen molar-refractivity contribution in [2.24, 2.45) is 0 Å². The van der Waals surface area contributed by atoms with E-state index >= 15 is 0 Å². The van der Waals surface area contributed by atoms with Gasteiger partial charge in [-0.2, -0.15) is 0 Å². The smallest absolute Gasteiger partial charge is 0.160 e. The molecule has 1 N–H and O–H groups in total. The van der Waals surface area contributed by atoms with E-state index in [1.807, 2.05) is 73.7 Å². The predicted octanol–water partition coefficient (Wildman–Crippen LogP) is 5.15. The van der Waals surface area contributed by atoms with Crippen LogP contribution in [-0.2, 0) is 13.0 Å². The number of hydrogen-bond acceptors (Lipinski definition) is 5.